The van der Waals surface area contributed by atoms with E-state index in [2.05, 4.69) is 15.6 Å². The van der Waals surface area contributed by atoms with Gasteiger partial charge in [0.25, 0.3) is 0 Å². The molecule has 0 unspecified atom stereocenters. The van der Waals surface area contributed by atoms with Crippen LogP contribution in [0.5, 0.6) is 5.88 Å². The largest absolute Gasteiger partial charge is 0.481 e. The molecule has 1 aliphatic rings. The number of aromatic nitrogens is 1. The van der Waals surface area contributed by atoms with Crippen LogP contribution in [0.25, 0.3) is 0 Å². The lowest BCUT2D eigenvalue weighted by atomic mass is 9.99. The highest BCUT2D eigenvalue weighted by atomic mass is 16.5. The number of rotatable bonds is 4. The lowest BCUT2D eigenvalue weighted by Gasteiger charge is -2.22. The number of nitrogens with zero attached hydrogens (tertiary/aromatic N) is 1. The van der Waals surface area contributed by atoms with E-state index in [1.807, 2.05) is 12.1 Å². The summed E-state index contributed by atoms with van der Waals surface area (Å²) in [4.78, 5) is 16.1. The molecule has 2 rings (SSSR count). The number of amides is 1. The zero-order valence-corrected chi connectivity index (χ0v) is 10.6. The molecule has 1 amide bonds. The van der Waals surface area contributed by atoms with E-state index in [4.69, 9.17) is 4.74 Å². The van der Waals surface area contributed by atoms with Crippen molar-refractivity contribution in [3.8, 4) is 5.88 Å². The number of ether oxygens (including phenoxy) is 1. The summed E-state index contributed by atoms with van der Waals surface area (Å²) in [6.07, 6.45) is 3.70. The highest BCUT2D eigenvalue weighted by Crippen LogP contribution is 2.14. The van der Waals surface area contributed by atoms with Gasteiger partial charge in [-0.25, -0.2) is 4.98 Å². The Kier molecular flexibility index (Phi) is 4.52. The van der Waals surface area contributed by atoms with Gasteiger partial charge in [0.1, 0.15) is 0 Å². The van der Waals surface area contributed by atoms with Crippen molar-refractivity contribution in [3.63, 3.8) is 0 Å². The van der Waals surface area contributed by atoms with Crippen molar-refractivity contribution < 1.29 is 9.53 Å². The maximum absolute atomic E-state index is 12.0. The Labute approximate surface area is 107 Å². The van der Waals surface area contributed by atoms with Gasteiger partial charge < -0.3 is 15.4 Å². The van der Waals surface area contributed by atoms with Gasteiger partial charge in [0, 0.05) is 24.8 Å². The summed E-state index contributed by atoms with van der Waals surface area (Å²) in [5.74, 6) is 0.758. The van der Waals surface area contributed by atoms with Gasteiger partial charge in [-0.15, -0.1) is 0 Å². The zero-order chi connectivity index (χ0) is 12.8. The normalized spacial score (nSPS) is 19.3. The van der Waals surface area contributed by atoms with Gasteiger partial charge in [-0.05, 0) is 25.5 Å². The second-order valence-corrected chi connectivity index (χ2v) is 4.43. The van der Waals surface area contributed by atoms with Gasteiger partial charge in [-0.2, -0.15) is 0 Å². The van der Waals surface area contributed by atoms with Crippen LogP contribution in [-0.4, -0.2) is 31.1 Å². The summed E-state index contributed by atoms with van der Waals surface area (Å²) in [6.45, 7) is 2.25. The number of hydrogen-bond acceptors (Lipinski definition) is 4. The molecule has 1 fully saturated rings. The van der Waals surface area contributed by atoms with E-state index < -0.39 is 0 Å². The van der Waals surface area contributed by atoms with Crippen molar-refractivity contribution in [3.05, 3.63) is 23.9 Å². The van der Waals surface area contributed by atoms with Crippen molar-refractivity contribution in [2.24, 2.45) is 5.92 Å². The maximum Gasteiger partial charge on any atom is 0.224 e. The fraction of sp³-hybridized carbons (Fsp3) is 0.538. The molecule has 0 radical (unpaired) electrons. The Morgan fingerprint density at radius 2 is 2.56 bits per heavy atom. The van der Waals surface area contributed by atoms with Gasteiger partial charge in [0.2, 0.25) is 11.8 Å². The first-order valence-corrected chi connectivity index (χ1v) is 6.27. The summed E-state index contributed by atoms with van der Waals surface area (Å²) in [6, 6.07) is 3.75. The molecule has 1 atom stereocenters. The number of carbonyl (C=O) groups excluding carboxylic acids is 1. The topological polar surface area (TPSA) is 63.2 Å². The molecule has 2 N–H and O–H groups in total. The van der Waals surface area contributed by atoms with E-state index in [0.717, 1.165) is 31.5 Å². The van der Waals surface area contributed by atoms with Crippen molar-refractivity contribution in [2.75, 3.05) is 20.2 Å². The lowest BCUT2D eigenvalue weighted by molar-refractivity contribution is -0.125. The van der Waals surface area contributed by atoms with Crippen molar-refractivity contribution in [2.45, 2.75) is 19.4 Å². The third-order valence-electron chi connectivity index (χ3n) is 3.16. The molecule has 0 aliphatic carbocycles. The molecular formula is C13H19N3O2. The van der Waals surface area contributed by atoms with Crippen molar-refractivity contribution in [1.29, 1.82) is 0 Å². The van der Waals surface area contributed by atoms with E-state index in [1.54, 1.807) is 13.3 Å². The number of hydrogen-bond donors (Lipinski definition) is 2. The van der Waals surface area contributed by atoms with E-state index >= 15 is 0 Å². The van der Waals surface area contributed by atoms with E-state index in [0.29, 0.717) is 12.4 Å². The number of pyridine rings is 1. The Hall–Kier alpha value is -1.62. The summed E-state index contributed by atoms with van der Waals surface area (Å²) in [5.41, 5.74) is 0.900. The van der Waals surface area contributed by atoms with Crippen LogP contribution >= 0.6 is 0 Å². The molecule has 5 heteroatoms. The Morgan fingerprint density at radius 1 is 1.67 bits per heavy atom. The summed E-state index contributed by atoms with van der Waals surface area (Å²) < 4.78 is 5.15. The number of nitrogens with one attached hydrogen (secondary N) is 2. The van der Waals surface area contributed by atoms with Gasteiger partial charge in [0.15, 0.2) is 0 Å². The number of piperidine rings is 1. The minimum absolute atomic E-state index is 0.0846. The molecule has 0 saturated carbocycles. The van der Waals surface area contributed by atoms with Gasteiger partial charge in [-0.1, -0.05) is 6.07 Å². The fourth-order valence-corrected chi connectivity index (χ4v) is 2.14. The predicted molar refractivity (Wildman–Crippen MR) is 68.2 cm³/mol. The monoisotopic (exact) mass is 249 g/mol. The first kappa shape index (κ1) is 12.8. The van der Waals surface area contributed by atoms with Crippen LogP contribution in [0.3, 0.4) is 0 Å². The van der Waals surface area contributed by atoms with Gasteiger partial charge >= 0.3 is 0 Å². The second-order valence-electron chi connectivity index (χ2n) is 4.43. The zero-order valence-electron chi connectivity index (χ0n) is 10.6. The Bertz CT molecular complexity index is 403. The molecule has 18 heavy (non-hydrogen) atoms. The van der Waals surface area contributed by atoms with Crippen LogP contribution in [0.4, 0.5) is 0 Å². The molecule has 2 heterocycles. The summed E-state index contributed by atoms with van der Waals surface area (Å²) >= 11 is 0. The Balaban J connectivity index is 1.88. The predicted octanol–water partition coefficient (Wildman–Crippen LogP) is 0.706. The average molecular weight is 249 g/mol. The quantitative estimate of drug-likeness (QED) is 0.825. The molecule has 0 spiro atoms. The molecule has 5 nitrogen and oxygen atoms in total. The Morgan fingerprint density at radius 3 is 3.28 bits per heavy atom. The molecule has 98 valence electrons. The van der Waals surface area contributed by atoms with Crippen LogP contribution in [0.1, 0.15) is 18.4 Å². The second kappa shape index (κ2) is 6.35. The molecule has 0 bridgehead atoms. The summed E-state index contributed by atoms with van der Waals surface area (Å²) in [7, 11) is 1.58. The van der Waals surface area contributed by atoms with Crippen molar-refractivity contribution in [1.82, 2.24) is 15.6 Å². The number of methoxy groups -OCH3 is 1. The van der Waals surface area contributed by atoms with Crippen LogP contribution in [-0.2, 0) is 11.3 Å². The lowest BCUT2D eigenvalue weighted by Crippen LogP contribution is -2.40. The SMILES string of the molecule is COc1ncccc1CNC(=O)[C@@H]1CCCNC1. The summed E-state index contributed by atoms with van der Waals surface area (Å²) in [5, 5.41) is 6.18. The maximum atomic E-state index is 12.0. The minimum Gasteiger partial charge on any atom is -0.481 e. The van der Waals surface area contributed by atoms with Crippen LogP contribution in [0.15, 0.2) is 18.3 Å². The standard InChI is InChI=1S/C13H19N3O2/c1-18-13-11(5-3-7-15-13)9-16-12(17)10-4-2-6-14-8-10/h3,5,7,10,14H,2,4,6,8-9H2,1H3,(H,16,17)/t10-/m1/s1. The molecule has 1 aliphatic heterocycles. The van der Waals surface area contributed by atoms with Gasteiger partial charge in [-0.3, -0.25) is 4.79 Å². The first-order chi connectivity index (χ1) is 8.81. The van der Waals surface area contributed by atoms with E-state index in [-0.39, 0.29) is 11.8 Å². The van der Waals surface area contributed by atoms with Crippen LogP contribution in [0.2, 0.25) is 0 Å². The smallest absolute Gasteiger partial charge is 0.224 e. The van der Waals surface area contributed by atoms with Crippen LogP contribution in [0, 0.1) is 5.92 Å². The van der Waals surface area contributed by atoms with Crippen LogP contribution < -0.4 is 15.4 Å². The minimum atomic E-state index is 0.0846. The highest BCUT2D eigenvalue weighted by molar-refractivity contribution is 5.79. The van der Waals surface area contributed by atoms with E-state index in [9.17, 15) is 4.79 Å². The van der Waals surface area contributed by atoms with Crippen molar-refractivity contribution >= 4 is 5.91 Å². The molecular weight excluding hydrogens is 230 g/mol. The molecule has 1 saturated heterocycles. The third kappa shape index (κ3) is 3.20. The fourth-order valence-electron chi connectivity index (χ4n) is 2.14. The van der Waals surface area contributed by atoms with Gasteiger partial charge in [0.05, 0.1) is 13.0 Å². The highest BCUT2D eigenvalue weighted by Gasteiger charge is 2.20. The molecule has 0 aromatic carbocycles. The average Bonchev–Trinajstić information content (AvgIpc) is 2.46. The third-order valence-corrected chi connectivity index (χ3v) is 3.16. The molecule has 1 aromatic heterocycles. The molecule has 1 aromatic rings. The first-order valence-electron chi connectivity index (χ1n) is 6.27. The van der Waals surface area contributed by atoms with E-state index in [1.165, 1.54) is 0 Å². The number of carbonyl (C=O) groups is 1.